The molecule has 37 heavy (non-hydrogen) atoms. The van der Waals surface area contributed by atoms with Crippen molar-refractivity contribution in [1.82, 2.24) is 0 Å². The molecule has 0 heterocycles. The number of hydrogen-bond donors (Lipinski definition) is 0. The summed E-state index contributed by atoms with van der Waals surface area (Å²) in [6.07, 6.45) is 7.51. The molecular weight excluding hydrogens is 562 g/mol. The van der Waals surface area contributed by atoms with Crippen LogP contribution in [0.25, 0.3) is 0 Å². The number of rotatable bonds is 12. The predicted octanol–water partition coefficient (Wildman–Crippen LogP) is 9.60. The average molecular weight is 615 g/mol. The lowest BCUT2D eigenvalue weighted by atomic mass is 9.73. The molecule has 0 spiro atoms. The zero-order valence-electron chi connectivity index (χ0n) is 24.5. The third-order valence-corrected chi connectivity index (χ3v) is 11.6. The normalized spacial score (nSPS) is 38.2. The van der Waals surface area contributed by atoms with Gasteiger partial charge in [-0.05, 0) is 102 Å². The van der Waals surface area contributed by atoms with Crippen molar-refractivity contribution in [2.45, 2.75) is 139 Å². The van der Waals surface area contributed by atoms with Crippen LogP contribution in [0, 0.1) is 23.7 Å². The molecular formula is C29H52Cl4N2OSi. The Morgan fingerprint density at radius 1 is 0.703 bits per heavy atom. The van der Waals surface area contributed by atoms with Crippen LogP contribution in [0.15, 0.2) is 9.98 Å². The van der Waals surface area contributed by atoms with Crippen LogP contribution in [0.3, 0.4) is 0 Å². The summed E-state index contributed by atoms with van der Waals surface area (Å²) < 4.78 is 6.18. The van der Waals surface area contributed by atoms with E-state index >= 15 is 0 Å². The maximum Gasteiger partial charge on any atom is 0.183 e. The van der Waals surface area contributed by atoms with Crippen LogP contribution in [-0.2, 0) is 4.43 Å². The molecule has 3 nitrogen and oxygen atoms in total. The van der Waals surface area contributed by atoms with Crippen molar-refractivity contribution >= 4 is 66.1 Å². The van der Waals surface area contributed by atoms with E-state index in [4.69, 9.17) is 60.8 Å². The van der Waals surface area contributed by atoms with Gasteiger partial charge < -0.3 is 4.43 Å². The lowest BCUT2D eigenvalue weighted by Gasteiger charge is -2.42. The standard InChI is InChI=1S/C29H52Cl4N2OSi/c1-9-19-23(30)16-24(31)20(10-2)28(19)34-18(5)27(14-13-15-36-37(6,7)8)35-29-21(11-3)25(32)17-26(33)22(29)12-4/h19-26,28-29H,9-17H2,1-8H3. The maximum atomic E-state index is 6.87. The molecule has 2 rings (SSSR count). The van der Waals surface area contributed by atoms with Gasteiger partial charge in [-0.1, -0.05) is 27.7 Å². The molecule has 0 bridgehead atoms. The lowest BCUT2D eigenvalue weighted by Crippen LogP contribution is -2.46. The van der Waals surface area contributed by atoms with Gasteiger partial charge >= 0.3 is 0 Å². The Labute approximate surface area is 249 Å². The highest BCUT2D eigenvalue weighted by molar-refractivity contribution is 6.69. The predicted molar refractivity (Wildman–Crippen MR) is 170 cm³/mol. The summed E-state index contributed by atoms with van der Waals surface area (Å²) in [5.41, 5.74) is 2.11. The molecule has 8 heteroatoms. The van der Waals surface area contributed by atoms with E-state index in [2.05, 4.69) is 54.3 Å². The minimum absolute atomic E-state index is 0.0547. The highest BCUT2D eigenvalue weighted by Crippen LogP contribution is 2.43. The molecule has 0 radical (unpaired) electrons. The Balaban J connectivity index is 2.47. The van der Waals surface area contributed by atoms with Gasteiger partial charge in [0, 0.05) is 28.1 Å². The summed E-state index contributed by atoms with van der Waals surface area (Å²) in [6, 6.07) is 0.234. The molecule has 2 aliphatic rings. The molecule has 216 valence electrons. The van der Waals surface area contributed by atoms with Crippen LogP contribution < -0.4 is 0 Å². The van der Waals surface area contributed by atoms with Gasteiger partial charge in [-0.3, -0.25) is 9.98 Å². The van der Waals surface area contributed by atoms with Gasteiger partial charge in [-0.2, -0.15) is 0 Å². The van der Waals surface area contributed by atoms with Crippen LogP contribution >= 0.6 is 46.4 Å². The largest absolute Gasteiger partial charge is 0.418 e. The van der Waals surface area contributed by atoms with Crippen molar-refractivity contribution in [1.29, 1.82) is 0 Å². The van der Waals surface area contributed by atoms with Crippen molar-refractivity contribution in [3.05, 3.63) is 0 Å². The molecule has 0 aromatic carbocycles. The zero-order valence-corrected chi connectivity index (χ0v) is 28.5. The smallest absolute Gasteiger partial charge is 0.183 e. The Kier molecular flexibility index (Phi) is 14.3. The Morgan fingerprint density at radius 3 is 1.43 bits per heavy atom. The molecule has 2 aliphatic carbocycles. The highest BCUT2D eigenvalue weighted by Gasteiger charge is 2.43. The molecule has 0 N–H and O–H groups in total. The minimum atomic E-state index is -1.56. The maximum absolute atomic E-state index is 6.87. The molecule has 2 fully saturated rings. The minimum Gasteiger partial charge on any atom is -0.418 e. The molecule has 2 saturated carbocycles. The second-order valence-corrected chi connectivity index (χ2v) is 18.9. The van der Waals surface area contributed by atoms with Crippen molar-refractivity contribution < 1.29 is 4.43 Å². The summed E-state index contributed by atoms with van der Waals surface area (Å²) in [5.74, 6) is 1.30. The number of alkyl halides is 4. The highest BCUT2D eigenvalue weighted by atomic mass is 35.5. The van der Waals surface area contributed by atoms with E-state index in [1.807, 2.05) is 0 Å². The third-order valence-electron chi connectivity index (χ3n) is 8.56. The number of aliphatic imine (C=N–C) groups is 2. The van der Waals surface area contributed by atoms with E-state index in [-0.39, 0.29) is 33.6 Å². The summed E-state index contributed by atoms with van der Waals surface area (Å²) >= 11 is 27.4. The number of hydrogen-bond acceptors (Lipinski definition) is 3. The van der Waals surface area contributed by atoms with Crippen LogP contribution in [0.1, 0.15) is 86.0 Å². The first kappa shape index (κ1) is 33.9. The van der Waals surface area contributed by atoms with E-state index in [9.17, 15) is 0 Å². The number of nitrogens with zero attached hydrogens (tertiary/aromatic N) is 2. The Morgan fingerprint density at radius 2 is 1.08 bits per heavy atom. The van der Waals surface area contributed by atoms with Gasteiger partial charge in [0.25, 0.3) is 0 Å². The average Bonchev–Trinajstić information content (AvgIpc) is 2.80. The van der Waals surface area contributed by atoms with Crippen molar-refractivity contribution in [2.24, 2.45) is 33.7 Å². The van der Waals surface area contributed by atoms with E-state index in [1.54, 1.807) is 0 Å². The zero-order chi connectivity index (χ0) is 27.9. The third kappa shape index (κ3) is 9.35. The summed E-state index contributed by atoms with van der Waals surface area (Å²) in [6.45, 7) is 18.5. The molecule has 0 aromatic heterocycles. The lowest BCUT2D eigenvalue weighted by molar-refractivity contribution is 0.220. The number of halogens is 4. The van der Waals surface area contributed by atoms with Gasteiger partial charge in [0.15, 0.2) is 8.32 Å². The second kappa shape index (κ2) is 15.6. The fourth-order valence-corrected chi connectivity index (χ4v) is 9.44. The molecule has 0 aromatic rings. The Hall–Kier alpha value is 0.677. The van der Waals surface area contributed by atoms with E-state index in [0.717, 1.165) is 69.4 Å². The van der Waals surface area contributed by atoms with Crippen LogP contribution in [0.2, 0.25) is 19.6 Å². The van der Waals surface area contributed by atoms with Crippen molar-refractivity contribution in [2.75, 3.05) is 6.61 Å². The van der Waals surface area contributed by atoms with Gasteiger partial charge in [0.05, 0.1) is 23.5 Å². The molecule has 0 saturated heterocycles. The van der Waals surface area contributed by atoms with E-state index in [1.165, 1.54) is 0 Å². The molecule has 8 unspecified atom stereocenters. The van der Waals surface area contributed by atoms with Crippen LogP contribution in [-0.4, -0.2) is 59.9 Å². The second-order valence-electron chi connectivity index (χ2n) is 12.2. The molecule has 8 atom stereocenters. The van der Waals surface area contributed by atoms with E-state index in [0.29, 0.717) is 23.7 Å². The summed E-state index contributed by atoms with van der Waals surface area (Å²) in [4.78, 5) is 10.9. The fraction of sp³-hybridized carbons (Fsp3) is 0.931. The summed E-state index contributed by atoms with van der Waals surface area (Å²) in [5, 5.41) is 0.227. The van der Waals surface area contributed by atoms with Crippen molar-refractivity contribution in [3.8, 4) is 0 Å². The SMILES string of the molecule is CCC1C(Cl)CC(Cl)C(CC)C1N=C(C)C(CCCO[Si](C)(C)C)=NC1C(CC)C(Cl)CC(Cl)C1CC. The van der Waals surface area contributed by atoms with Gasteiger partial charge in [-0.15, -0.1) is 46.4 Å². The van der Waals surface area contributed by atoms with E-state index < -0.39 is 8.32 Å². The van der Waals surface area contributed by atoms with Gasteiger partial charge in [-0.25, -0.2) is 0 Å². The quantitative estimate of drug-likeness (QED) is 0.0933. The Bertz CT molecular complexity index is 727. The van der Waals surface area contributed by atoms with Crippen LogP contribution in [0.5, 0.6) is 0 Å². The topological polar surface area (TPSA) is 34.0 Å². The first-order chi connectivity index (χ1) is 17.4. The fourth-order valence-electron chi connectivity index (χ4n) is 6.43. The molecule has 0 amide bonds. The first-order valence-corrected chi connectivity index (χ1v) is 19.8. The molecule has 0 aliphatic heterocycles. The van der Waals surface area contributed by atoms with Gasteiger partial charge in [0.2, 0.25) is 0 Å². The van der Waals surface area contributed by atoms with Crippen molar-refractivity contribution in [3.63, 3.8) is 0 Å². The summed E-state index contributed by atoms with van der Waals surface area (Å²) in [7, 11) is -1.56. The van der Waals surface area contributed by atoms with Crippen LogP contribution in [0.4, 0.5) is 0 Å². The monoisotopic (exact) mass is 612 g/mol. The van der Waals surface area contributed by atoms with Gasteiger partial charge in [0.1, 0.15) is 0 Å². The first-order valence-electron chi connectivity index (χ1n) is 14.7.